The van der Waals surface area contributed by atoms with Gasteiger partial charge in [-0.2, -0.15) is 0 Å². The standard InChI is InChI=1S/C29H39N5O4S/c30-26(31)24-15-13-21(14-16-24)19-34(29(28(32)36)17-7-8-18-29)27(35)25(23-11-5-2-6-12-23)33-39(37,38)20-22-9-3-1-4-10-22/h1,3-4,9-10,13-16,23,25,33H,2,5-8,11-12,17-20H2,(H3,30,31)(H2,32,36)/t25-/m1/s1. The maximum absolute atomic E-state index is 14.5. The van der Waals surface area contributed by atoms with Crippen LogP contribution in [0, 0.1) is 11.3 Å². The first kappa shape index (κ1) is 28.8. The second-order valence-electron chi connectivity index (χ2n) is 10.9. The fourth-order valence-corrected chi connectivity index (χ4v) is 7.43. The van der Waals surface area contributed by atoms with Crippen LogP contribution in [0.15, 0.2) is 54.6 Å². The predicted molar refractivity (Wildman–Crippen MR) is 151 cm³/mol. The van der Waals surface area contributed by atoms with Crippen LogP contribution in [0.25, 0.3) is 0 Å². The van der Waals surface area contributed by atoms with Gasteiger partial charge in [0.1, 0.15) is 17.4 Å². The monoisotopic (exact) mass is 553 g/mol. The summed E-state index contributed by atoms with van der Waals surface area (Å²) in [6.45, 7) is 0.101. The van der Waals surface area contributed by atoms with Crippen molar-refractivity contribution in [3.63, 3.8) is 0 Å². The van der Waals surface area contributed by atoms with Crippen molar-refractivity contribution in [1.29, 1.82) is 5.41 Å². The van der Waals surface area contributed by atoms with E-state index in [0.717, 1.165) is 50.5 Å². The summed E-state index contributed by atoms with van der Waals surface area (Å²) in [4.78, 5) is 29.0. The number of nitrogens with zero attached hydrogens (tertiary/aromatic N) is 1. The molecule has 4 rings (SSSR count). The molecule has 2 amide bonds. The third kappa shape index (κ3) is 6.86. The van der Waals surface area contributed by atoms with Crippen LogP contribution < -0.4 is 16.2 Å². The number of sulfonamides is 1. The molecule has 210 valence electrons. The third-order valence-corrected chi connectivity index (χ3v) is 9.50. The normalized spacial score (nSPS) is 18.4. The summed E-state index contributed by atoms with van der Waals surface area (Å²) < 4.78 is 29.5. The van der Waals surface area contributed by atoms with Crippen LogP contribution in [-0.2, 0) is 31.9 Å². The number of nitrogens with two attached hydrogens (primary N) is 2. The first-order valence-corrected chi connectivity index (χ1v) is 15.4. The molecule has 1 atom stereocenters. The molecule has 9 nitrogen and oxygen atoms in total. The van der Waals surface area contributed by atoms with E-state index in [0.29, 0.717) is 24.0 Å². The number of primary amides is 1. The zero-order valence-electron chi connectivity index (χ0n) is 22.3. The first-order chi connectivity index (χ1) is 18.6. The second-order valence-corrected chi connectivity index (χ2v) is 12.6. The molecular formula is C29H39N5O4S. The van der Waals surface area contributed by atoms with E-state index in [1.165, 1.54) is 4.90 Å². The van der Waals surface area contributed by atoms with E-state index in [-0.39, 0.29) is 24.1 Å². The molecule has 2 fully saturated rings. The average molecular weight is 554 g/mol. The lowest BCUT2D eigenvalue weighted by atomic mass is 9.82. The topological polar surface area (TPSA) is 159 Å². The maximum atomic E-state index is 14.5. The van der Waals surface area contributed by atoms with Gasteiger partial charge in [-0.25, -0.2) is 13.1 Å². The van der Waals surface area contributed by atoms with Gasteiger partial charge in [-0.15, -0.1) is 0 Å². The van der Waals surface area contributed by atoms with Gasteiger partial charge in [-0.1, -0.05) is 86.7 Å². The number of hydrogen-bond acceptors (Lipinski definition) is 5. The molecule has 0 bridgehead atoms. The van der Waals surface area contributed by atoms with E-state index < -0.39 is 33.4 Å². The van der Waals surface area contributed by atoms with Crippen LogP contribution in [0.2, 0.25) is 0 Å². The molecule has 0 unspecified atom stereocenters. The minimum Gasteiger partial charge on any atom is -0.384 e. The van der Waals surface area contributed by atoms with Crippen LogP contribution in [0.5, 0.6) is 0 Å². The average Bonchev–Trinajstić information content (AvgIpc) is 3.42. The largest absolute Gasteiger partial charge is 0.384 e. The number of carbonyl (C=O) groups is 2. The second kappa shape index (κ2) is 12.3. The first-order valence-electron chi connectivity index (χ1n) is 13.7. The number of rotatable bonds is 11. The molecule has 2 aromatic rings. The van der Waals surface area contributed by atoms with Gasteiger partial charge in [-0.05, 0) is 42.7 Å². The molecule has 0 aliphatic heterocycles. The van der Waals surface area contributed by atoms with Crippen LogP contribution in [0.4, 0.5) is 0 Å². The summed E-state index contributed by atoms with van der Waals surface area (Å²) in [5.74, 6) is -1.45. The number of amides is 2. The van der Waals surface area contributed by atoms with Gasteiger partial charge >= 0.3 is 0 Å². The molecule has 2 aliphatic rings. The minimum atomic E-state index is -3.86. The molecular weight excluding hydrogens is 514 g/mol. The minimum absolute atomic E-state index is 0.0657. The fourth-order valence-electron chi connectivity index (χ4n) is 6.03. The van der Waals surface area contributed by atoms with E-state index in [4.69, 9.17) is 16.9 Å². The maximum Gasteiger partial charge on any atom is 0.243 e. The van der Waals surface area contributed by atoms with Crippen LogP contribution in [0.1, 0.15) is 74.5 Å². The highest BCUT2D eigenvalue weighted by atomic mass is 32.2. The number of nitrogens with one attached hydrogen (secondary N) is 2. The van der Waals surface area contributed by atoms with Crippen LogP contribution in [0.3, 0.4) is 0 Å². The Morgan fingerprint density at radius 1 is 0.923 bits per heavy atom. The third-order valence-electron chi connectivity index (χ3n) is 8.17. The van der Waals surface area contributed by atoms with E-state index >= 15 is 0 Å². The summed E-state index contributed by atoms with van der Waals surface area (Å²) in [5.41, 5.74) is 12.3. The molecule has 0 saturated heterocycles. The van der Waals surface area contributed by atoms with Crippen molar-refractivity contribution in [2.45, 2.75) is 81.7 Å². The summed E-state index contributed by atoms with van der Waals surface area (Å²) in [6, 6.07) is 14.8. The van der Waals surface area contributed by atoms with Crippen molar-refractivity contribution in [1.82, 2.24) is 9.62 Å². The van der Waals surface area contributed by atoms with Gasteiger partial charge in [0.25, 0.3) is 0 Å². The fraction of sp³-hybridized carbons (Fsp3) is 0.483. The lowest BCUT2D eigenvalue weighted by molar-refractivity contribution is -0.149. The zero-order chi connectivity index (χ0) is 28.0. The zero-order valence-corrected chi connectivity index (χ0v) is 23.1. The van der Waals surface area contributed by atoms with Crippen molar-refractivity contribution in [2.75, 3.05) is 0 Å². The van der Waals surface area contributed by atoms with Gasteiger partial charge in [0.2, 0.25) is 21.8 Å². The smallest absolute Gasteiger partial charge is 0.243 e. The number of carbonyl (C=O) groups excluding carboxylic acids is 2. The lowest BCUT2D eigenvalue weighted by Crippen LogP contribution is -2.63. The van der Waals surface area contributed by atoms with Gasteiger partial charge in [0, 0.05) is 12.1 Å². The van der Waals surface area contributed by atoms with Gasteiger partial charge in [0.05, 0.1) is 5.75 Å². The van der Waals surface area contributed by atoms with Crippen LogP contribution in [-0.4, -0.2) is 42.5 Å². The Labute approximate surface area is 230 Å². The molecule has 0 heterocycles. The van der Waals surface area contributed by atoms with E-state index in [1.807, 2.05) is 6.07 Å². The Bertz CT molecular complexity index is 1270. The van der Waals surface area contributed by atoms with Crippen molar-refractivity contribution in [2.24, 2.45) is 17.4 Å². The van der Waals surface area contributed by atoms with E-state index in [9.17, 15) is 18.0 Å². The van der Waals surface area contributed by atoms with Crippen molar-refractivity contribution in [3.05, 3.63) is 71.3 Å². The highest BCUT2D eigenvalue weighted by molar-refractivity contribution is 7.88. The van der Waals surface area contributed by atoms with Gasteiger partial charge in [-0.3, -0.25) is 15.0 Å². The Balaban J connectivity index is 1.70. The highest BCUT2D eigenvalue weighted by Gasteiger charge is 2.49. The van der Waals surface area contributed by atoms with E-state index in [1.54, 1.807) is 48.5 Å². The van der Waals surface area contributed by atoms with Gasteiger partial charge < -0.3 is 16.4 Å². The molecule has 0 aromatic heterocycles. The highest BCUT2D eigenvalue weighted by Crippen LogP contribution is 2.38. The molecule has 2 aliphatic carbocycles. The Kier molecular flexibility index (Phi) is 9.07. The number of hydrogen-bond donors (Lipinski definition) is 4. The number of nitrogen functional groups attached to an aromatic ring is 1. The number of benzene rings is 2. The quantitative estimate of drug-likeness (QED) is 0.248. The van der Waals surface area contributed by atoms with E-state index in [2.05, 4.69) is 4.72 Å². The Morgan fingerprint density at radius 3 is 2.10 bits per heavy atom. The van der Waals surface area contributed by atoms with Crippen LogP contribution >= 0.6 is 0 Å². The molecule has 0 radical (unpaired) electrons. The molecule has 6 N–H and O–H groups in total. The van der Waals surface area contributed by atoms with Gasteiger partial charge in [0.15, 0.2) is 0 Å². The molecule has 10 heteroatoms. The Hall–Kier alpha value is -3.24. The number of amidine groups is 1. The molecule has 2 saturated carbocycles. The van der Waals surface area contributed by atoms with Crippen molar-refractivity contribution in [3.8, 4) is 0 Å². The molecule has 39 heavy (non-hydrogen) atoms. The molecule has 0 spiro atoms. The summed E-state index contributed by atoms with van der Waals surface area (Å²) in [7, 11) is -3.86. The van der Waals surface area contributed by atoms with Crippen molar-refractivity contribution >= 4 is 27.7 Å². The SMILES string of the molecule is N=C(N)c1ccc(CN(C(=O)[C@H](NS(=O)(=O)Cc2ccccc2)C2CCCCC2)C2(C(N)=O)CCCC2)cc1. The van der Waals surface area contributed by atoms with Crippen molar-refractivity contribution < 1.29 is 18.0 Å². The lowest BCUT2D eigenvalue weighted by Gasteiger charge is -2.42. The summed E-state index contributed by atoms with van der Waals surface area (Å²) in [5, 5.41) is 7.66. The Morgan fingerprint density at radius 2 is 1.54 bits per heavy atom. The predicted octanol–water partition coefficient (Wildman–Crippen LogP) is 3.17. The summed E-state index contributed by atoms with van der Waals surface area (Å²) in [6.07, 6.45) is 6.73. The summed E-state index contributed by atoms with van der Waals surface area (Å²) >= 11 is 0. The molecule has 2 aromatic carbocycles.